The topological polar surface area (TPSA) is 0 Å². The van der Waals surface area contributed by atoms with Crippen LogP contribution in [0.3, 0.4) is 0 Å². The van der Waals surface area contributed by atoms with Crippen LogP contribution >= 0.6 is 0 Å². The summed E-state index contributed by atoms with van der Waals surface area (Å²) in [5.74, 6) is 0.293. The molecule has 1 aromatic carbocycles. The second-order valence-electron chi connectivity index (χ2n) is 5.34. The van der Waals surface area contributed by atoms with E-state index in [0.29, 0.717) is 5.92 Å². The molecule has 0 aromatic heterocycles. The Morgan fingerprint density at radius 1 is 1.35 bits per heavy atom. The van der Waals surface area contributed by atoms with Crippen molar-refractivity contribution in [3.8, 4) is 0 Å². The minimum absolute atomic E-state index is 0.293. The highest BCUT2D eigenvalue weighted by atomic mass is 19.1. The Bertz CT molecular complexity index is 410. The Balaban J connectivity index is 3.18. The number of alkyl halides is 1. The molecular formula is C16H23F. The van der Waals surface area contributed by atoms with Crippen LogP contribution in [0.2, 0.25) is 0 Å². The number of hydrogen-bond acceptors (Lipinski definition) is 0. The number of allylic oxidation sites excluding steroid dienone is 1. The number of hydrogen-bond donors (Lipinski definition) is 0. The highest BCUT2D eigenvalue weighted by Crippen LogP contribution is 2.31. The maximum absolute atomic E-state index is 14.0. The fourth-order valence-corrected chi connectivity index (χ4v) is 1.95. The summed E-state index contributed by atoms with van der Waals surface area (Å²) in [6, 6.07) is 6.02. The van der Waals surface area contributed by atoms with Gasteiger partial charge >= 0.3 is 0 Å². The van der Waals surface area contributed by atoms with E-state index in [4.69, 9.17) is 0 Å². The van der Waals surface area contributed by atoms with Gasteiger partial charge in [0.1, 0.15) is 5.67 Å². The molecule has 1 unspecified atom stereocenters. The van der Waals surface area contributed by atoms with Crippen LogP contribution in [0.4, 0.5) is 4.39 Å². The second kappa shape index (κ2) is 5.03. The highest BCUT2D eigenvalue weighted by Gasteiger charge is 2.20. The maximum atomic E-state index is 14.0. The normalized spacial score (nSPS) is 13.5. The maximum Gasteiger partial charge on any atom is 0.130 e. The molecule has 0 spiro atoms. The van der Waals surface area contributed by atoms with Crippen LogP contribution in [-0.2, 0) is 5.67 Å². The molecule has 1 heteroatoms. The van der Waals surface area contributed by atoms with Gasteiger partial charge in [-0.3, -0.25) is 0 Å². The lowest BCUT2D eigenvalue weighted by molar-refractivity contribution is 0.221. The summed E-state index contributed by atoms with van der Waals surface area (Å²) in [6.07, 6.45) is 0.962. The lowest BCUT2D eigenvalue weighted by Crippen LogP contribution is -2.10. The van der Waals surface area contributed by atoms with Gasteiger partial charge in [0, 0.05) is 5.92 Å². The van der Waals surface area contributed by atoms with E-state index in [1.54, 1.807) is 13.8 Å². The molecule has 0 bridgehead atoms. The van der Waals surface area contributed by atoms with Crippen molar-refractivity contribution in [3.05, 3.63) is 47.0 Å². The number of rotatable bonds is 4. The van der Waals surface area contributed by atoms with Gasteiger partial charge in [-0.05, 0) is 38.3 Å². The van der Waals surface area contributed by atoms with Gasteiger partial charge in [0.2, 0.25) is 0 Å². The summed E-state index contributed by atoms with van der Waals surface area (Å²) in [5.41, 5.74) is 2.94. The third-order valence-electron chi connectivity index (χ3n) is 3.35. The van der Waals surface area contributed by atoms with Crippen molar-refractivity contribution in [1.29, 1.82) is 0 Å². The van der Waals surface area contributed by atoms with Gasteiger partial charge < -0.3 is 0 Å². The molecule has 0 N–H and O–H groups in total. The summed E-state index contributed by atoms with van der Waals surface area (Å²) in [4.78, 5) is 0. The monoisotopic (exact) mass is 234 g/mol. The molecule has 1 rings (SSSR count). The van der Waals surface area contributed by atoms with Gasteiger partial charge in [-0.25, -0.2) is 4.39 Å². The van der Waals surface area contributed by atoms with Gasteiger partial charge in [0.15, 0.2) is 0 Å². The summed E-state index contributed by atoms with van der Waals surface area (Å²) in [7, 11) is 0. The summed E-state index contributed by atoms with van der Waals surface area (Å²) in [6.45, 7) is 13.5. The first-order valence-electron chi connectivity index (χ1n) is 6.24. The van der Waals surface area contributed by atoms with E-state index in [9.17, 15) is 4.39 Å². The zero-order valence-corrected chi connectivity index (χ0v) is 11.6. The van der Waals surface area contributed by atoms with E-state index in [-0.39, 0.29) is 0 Å². The predicted octanol–water partition coefficient (Wildman–Crippen LogP) is 5.27. The molecule has 0 aliphatic heterocycles. The summed E-state index contributed by atoms with van der Waals surface area (Å²) < 4.78 is 14.0. The Kier molecular flexibility index (Phi) is 4.13. The van der Waals surface area contributed by atoms with Crippen molar-refractivity contribution >= 4 is 0 Å². The lowest BCUT2D eigenvalue weighted by atomic mass is 9.87. The molecule has 1 atom stereocenters. The number of aryl methyl sites for hydroxylation is 1. The van der Waals surface area contributed by atoms with Crippen LogP contribution in [0.15, 0.2) is 30.4 Å². The molecule has 0 aliphatic carbocycles. The van der Waals surface area contributed by atoms with Crippen molar-refractivity contribution in [2.45, 2.75) is 52.6 Å². The van der Waals surface area contributed by atoms with E-state index >= 15 is 0 Å². The molecule has 17 heavy (non-hydrogen) atoms. The standard InChI is InChI=1S/C16H23F/c1-7-12(3)13(4)14-8-11(2)9-15(10-14)16(5,6)17/h8-10,13H,3,7H2,1-2,4-6H3. The van der Waals surface area contributed by atoms with Crippen molar-refractivity contribution in [3.63, 3.8) is 0 Å². The Morgan fingerprint density at radius 3 is 2.41 bits per heavy atom. The first kappa shape index (κ1) is 14.0. The molecule has 0 aliphatic rings. The second-order valence-corrected chi connectivity index (χ2v) is 5.34. The average Bonchev–Trinajstić information content (AvgIpc) is 2.25. The quantitative estimate of drug-likeness (QED) is 0.623. The predicted molar refractivity (Wildman–Crippen MR) is 73.2 cm³/mol. The largest absolute Gasteiger partial charge is 0.239 e. The minimum atomic E-state index is -1.28. The van der Waals surface area contributed by atoms with Crippen molar-refractivity contribution in [1.82, 2.24) is 0 Å². The summed E-state index contributed by atoms with van der Waals surface area (Å²) in [5, 5.41) is 0. The van der Waals surface area contributed by atoms with E-state index in [1.165, 1.54) is 5.57 Å². The van der Waals surface area contributed by atoms with Crippen LogP contribution in [0.1, 0.15) is 56.7 Å². The number of halogens is 1. The zero-order chi connectivity index (χ0) is 13.2. The molecule has 94 valence electrons. The Labute approximate surface area is 105 Å². The van der Waals surface area contributed by atoms with Crippen molar-refractivity contribution < 1.29 is 4.39 Å². The fourth-order valence-electron chi connectivity index (χ4n) is 1.95. The molecule has 1 aromatic rings. The Morgan fingerprint density at radius 2 is 1.94 bits per heavy atom. The first-order chi connectivity index (χ1) is 7.75. The molecule has 0 nitrogen and oxygen atoms in total. The molecule has 0 fully saturated rings. The average molecular weight is 234 g/mol. The molecule has 0 saturated carbocycles. The lowest BCUT2D eigenvalue weighted by Gasteiger charge is -2.20. The highest BCUT2D eigenvalue weighted by molar-refractivity contribution is 5.37. The van der Waals surface area contributed by atoms with Gasteiger partial charge in [0.25, 0.3) is 0 Å². The number of benzene rings is 1. The smallest absolute Gasteiger partial charge is 0.130 e. The van der Waals surface area contributed by atoms with Crippen LogP contribution in [-0.4, -0.2) is 0 Å². The summed E-state index contributed by atoms with van der Waals surface area (Å²) >= 11 is 0. The van der Waals surface area contributed by atoms with Crippen LogP contribution in [0, 0.1) is 6.92 Å². The van der Waals surface area contributed by atoms with Crippen molar-refractivity contribution in [2.75, 3.05) is 0 Å². The third kappa shape index (κ3) is 3.42. The third-order valence-corrected chi connectivity index (χ3v) is 3.35. The van der Waals surface area contributed by atoms with Gasteiger partial charge in [-0.15, -0.1) is 0 Å². The molecule has 0 amide bonds. The van der Waals surface area contributed by atoms with Crippen LogP contribution in [0.5, 0.6) is 0 Å². The zero-order valence-electron chi connectivity index (χ0n) is 11.6. The first-order valence-corrected chi connectivity index (χ1v) is 6.24. The minimum Gasteiger partial charge on any atom is -0.239 e. The van der Waals surface area contributed by atoms with E-state index in [0.717, 1.165) is 23.1 Å². The SMILES string of the molecule is C=C(CC)C(C)c1cc(C)cc(C(C)(C)F)c1. The molecule has 0 saturated heterocycles. The molecular weight excluding hydrogens is 211 g/mol. The van der Waals surface area contributed by atoms with Gasteiger partial charge in [-0.1, -0.05) is 49.8 Å². The Hall–Kier alpha value is -1.11. The molecule has 0 radical (unpaired) electrons. The molecule has 0 heterocycles. The van der Waals surface area contributed by atoms with Crippen LogP contribution < -0.4 is 0 Å². The van der Waals surface area contributed by atoms with E-state index < -0.39 is 5.67 Å². The van der Waals surface area contributed by atoms with E-state index in [1.807, 2.05) is 19.1 Å². The van der Waals surface area contributed by atoms with Gasteiger partial charge in [-0.2, -0.15) is 0 Å². The fraction of sp³-hybridized carbons (Fsp3) is 0.500. The van der Waals surface area contributed by atoms with Crippen LogP contribution in [0.25, 0.3) is 0 Å². The van der Waals surface area contributed by atoms with Gasteiger partial charge in [0.05, 0.1) is 0 Å². The van der Waals surface area contributed by atoms with Crippen molar-refractivity contribution in [2.24, 2.45) is 0 Å². The van der Waals surface area contributed by atoms with E-state index in [2.05, 4.69) is 26.5 Å².